The Morgan fingerprint density at radius 1 is 0.857 bits per heavy atom. The second-order valence-corrected chi connectivity index (χ2v) is 22.4. The molecular formula is C51H54N4O7Si. The van der Waals surface area contributed by atoms with E-state index in [1.165, 1.54) is 5.01 Å². The van der Waals surface area contributed by atoms with Gasteiger partial charge >= 0.3 is 0 Å². The van der Waals surface area contributed by atoms with Gasteiger partial charge in [0.15, 0.2) is 5.60 Å². The van der Waals surface area contributed by atoms with Crippen LogP contribution in [0.4, 0.5) is 11.4 Å². The third kappa shape index (κ3) is 7.43. The minimum Gasteiger partial charge on any atom is -0.497 e. The summed E-state index contributed by atoms with van der Waals surface area (Å²) >= 11 is 0. The molecule has 0 aromatic heterocycles. The first-order valence-corrected chi connectivity index (χ1v) is 24.9. The van der Waals surface area contributed by atoms with E-state index in [4.69, 9.17) is 19.3 Å². The maximum Gasteiger partial charge on any atom is 0.264 e. The zero-order valence-corrected chi connectivity index (χ0v) is 37.5. The van der Waals surface area contributed by atoms with Crippen molar-refractivity contribution in [3.05, 3.63) is 149 Å². The van der Waals surface area contributed by atoms with Crippen molar-refractivity contribution in [1.29, 1.82) is 0 Å². The van der Waals surface area contributed by atoms with Crippen LogP contribution in [-0.2, 0) is 44.2 Å². The highest BCUT2D eigenvalue weighted by atomic mass is 28.3. The Morgan fingerprint density at radius 2 is 1.57 bits per heavy atom. The Balaban J connectivity index is 1.09. The first-order valence-electron chi connectivity index (χ1n) is 21.8. The number of fused-ring (bicyclic) bond motifs is 3. The number of carbonyl (C=O) groups excluding carboxylic acids is 3. The zero-order valence-electron chi connectivity index (χ0n) is 36.5. The lowest BCUT2D eigenvalue weighted by atomic mass is 9.82. The minimum absolute atomic E-state index is 0.0476. The molecule has 9 rings (SSSR count). The lowest BCUT2D eigenvalue weighted by Gasteiger charge is -2.39. The summed E-state index contributed by atoms with van der Waals surface area (Å²) in [4.78, 5) is 47.3. The van der Waals surface area contributed by atoms with Gasteiger partial charge in [0.05, 0.1) is 71.1 Å². The molecule has 0 aliphatic carbocycles. The van der Waals surface area contributed by atoms with Gasteiger partial charge in [-0.3, -0.25) is 14.4 Å². The van der Waals surface area contributed by atoms with Gasteiger partial charge in [-0.1, -0.05) is 104 Å². The molecule has 5 aromatic carbocycles. The first kappa shape index (κ1) is 42.2. The topological polar surface area (TPSA) is 121 Å². The molecule has 5 aromatic rings. The fourth-order valence-corrected chi connectivity index (χ4v) is 14.7. The highest BCUT2D eigenvalue weighted by molar-refractivity contribution is 6.91. The third-order valence-corrected chi connectivity index (χ3v) is 18.3. The van der Waals surface area contributed by atoms with Crippen LogP contribution in [0.15, 0.2) is 126 Å². The fraction of sp³-hybridized carbons (Fsp3) is 0.333. The van der Waals surface area contributed by atoms with E-state index in [1.807, 2.05) is 103 Å². The van der Waals surface area contributed by atoms with E-state index in [9.17, 15) is 14.7 Å². The normalized spacial score (nSPS) is 23.1. The zero-order chi connectivity index (χ0) is 44.0. The second-order valence-electron chi connectivity index (χ2n) is 17.8. The van der Waals surface area contributed by atoms with Crippen LogP contribution in [-0.4, -0.2) is 74.5 Å². The number of ether oxygens (including phenoxy) is 3. The van der Waals surface area contributed by atoms with Crippen LogP contribution in [0.1, 0.15) is 54.0 Å². The van der Waals surface area contributed by atoms with Gasteiger partial charge in [-0.05, 0) is 76.7 Å². The summed E-state index contributed by atoms with van der Waals surface area (Å²) in [5.74, 6) is 0.572. The van der Waals surface area contributed by atoms with Crippen LogP contribution in [0, 0.1) is 5.92 Å². The van der Waals surface area contributed by atoms with Crippen molar-refractivity contribution in [2.75, 3.05) is 30.7 Å². The van der Waals surface area contributed by atoms with Gasteiger partial charge in [0, 0.05) is 30.9 Å². The van der Waals surface area contributed by atoms with Crippen molar-refractivity contribution in [3.63, 3.8) is 0 Å². The molecule has 0 bridgehead atoms. The number of methoxy groups -OCH3 is 2. The van der Waals surface area contributed by atoms with Crippen molar-refractivity contribution in [2.24, 2.45) is 11.0 Å². The summed E-state index contributed by atoms with van der Waals surface area (Å²) in [6.45, 7) is 7.15. The Bertz CT molecular complexity index is 2580. The van der Waals surface area contributed by atoms with Gasteiger partial charge in [-0.25, -0.2) is 5.01 Å². The van der Waals surface area contributed by atoms with E-state index >= 15 is 4.79 Å². The minimum atomic E-state index is -2.59. The predicted molar refractivity (Wildman–Crippen MR) is 246 cm³/mol. The number of hydrogen-bond acceptors (Lipinski definition) is 8. The molecule has 5 atom stereocenters. The highest BCUT2D eigenvalue weighted by Gasteiger charge is 2.66. The van der Waals surface area contributed by atoms with Crippen molar-refractivity contribution in [3.8, 4) is 11.5 Å². The molecule has 4 aliphatic heterocycles. The van der Waals surface area contributed by atoms with E-state index in [-0.39, 0.29) is 54.8 Å². The Labute approximate surface area is 369 Å². The summed E-state index contributed by atoms with van der Waals surface area (Å²) in [5.41, 5.74) is 5.25. The summed E-state index contributed by atoms with van der Waals surface area (Å²) in [6, 6.07) is 39.1. The third-order valence-electron chi connectivity index (χ3n) is 13.9. The lowest BCUT2D eigenvalue weighted by molar-refractivity contribution is -0.151. The van der Waals surface area contributed by atoms with Gasteiger partial charge in [-0.15, -0.1) is 0 Å². The summed E-state index contributed by atoms with van der Waals surface area (Å²) in [7, 11) is 0.674. The van der Waals surface area contributed by atoms with Gasteiger partial charge in [0.1, 0.15) is 11.5 Å². The number of benzene rings is 5. The number of nitrogens with zero attached hydrogens (tertiary/aromatic N) is 4. The van der Waals surface area contributed by atoms with E-state index in [0.717, 1.165) is 38.9 Å². The smallest absolute Gasteiger partial charge is 0.264 e. The predicted octanol–water partition coefficient (Wildman–Crippen LogP) is 7.33. The van der Waals surface area contributed by atoms with Gasteiger partial charge < -0.3 is 29.1 Å². The maximum atomic E-state index is 15.6. The number of hydrazone groups is 1. The molecule has 1 fully saturated rings. The van der Waals surface area contributed by atoms with E-state index < -0.39 is 19.8 Å². The molecule has 12 heteroatoms. The maximum absolute atomic E-state index is 15.6. The number of aliphatic hydroxyl groups is 1. The largest absolute Gasteiger partial charge is 0.497 e. The van der Waals surface area contributed by atoms with Gasteiger partial charge in [-0.2, -0.15) is 5.10 Å². The highest BCUT2D eigenvalue weighted by Crippen LogP contribution is 2.60. The Morgan fingerprint density at radius 3 is 2.30 bits per heavy atom. The second kappa shape index (κ2) is 16.9. The van der Waals surface area contributed by atoms with Crippen LogP contribution < -0.4 is 24.6 Å². The van der Waals surface area contributed by atoms with E-state index in [2.05, 4.69) is 38.2 Å². The van der Waals surface area contributed by atoms with Crippen LogP contribution in [0.2, 0.25) is 18.6 Å². The van der Waals surface area contributed by atoms with Crippen LogP contribution in [0.5, 0.6) is 11.5 Å². The number of amides is 3. The van der Waals surface area contributed by atoms with E-state index in [1.54, 1.807) is 24.0 Å². The average molecular weight is 863 g/mol. The first-order chi connectivity index (χ1) is 30.5. The summed E-state index contributed by atoms with van der Waals surface area (Å²) in [6.07, 6.45) is 0.880. The van der Waals surface area contributed by atoms with Crippen LogP contribution in [0.25, 0.3) is 0 Å². The van der Waals surface area contributed by atoms with Crippen molar-refractivity contribution >= 4 is 48.1 Å². The molecule has 1 spiro atoms. The molecule has 11 nitrogen and oxygen atoms in total. The molecule has 3 amide bonds. The lowest BCUT2D eigenvalue weighted by Crippen LogP contribution is -2.52. The Kier molecular flexibility index (Phi) is 11.3. The molecule has 1 N–H and O–H groups in total. The van der Waals surface area contributed by atoms with Crippen molar-refractivity contribution < 1.29 is 33.7 Å². The molecule has 1 saturated heterocycles. The van der Waals surface area contributed by atoms with Crippen LogP contribution >= 0.6 is 0 Å². The molecule has 4 heterocycles. The number of carbonyl (C=O) groups is 3. The van der Waals surface area contributed by atoms with Gasteiger partial charge in [0.25, 0.3) is 5.91 Å². The number of aliphatic hydroxyl groups excluding tert-OH is 1. The fourth-order valence-electron chi connectivity index (χ4n) is 10.7. The molecule has 324 valence electrons. The average Bonchev–Trinajstić information content (AvgIpc) is 3.74. The number of hydrogen-bond donors (Lipinski definition) is 1. The van der Waals surface area contributed by atoms with Gasteiger partial charge in [0.2, 0.25) is 11.8 Å². The number of rotatable bonds is 11. The Hall–Kier alpha value is -6.08. The van der Waals surface area contributed by atoms with Crippen LogP contribution in [0.3, 0.4) is 0 Å². The molecule has 4 aliphatic rings. The van der Waals surface area contributed by atoms with E-state index in [0.29, 0.717) is 48.5 Å². The molecular weight excluding hydrogens is 809 g/mol. The SMILES string of the molecule is COc1ccc([Si](C)(C)[C@H]2[C@H](CC(=O)N3Cc4ccccc4C[C@H]3CO)O[C@@]3(C(=O)N(Cc4cccc(N5N=C(c6ccccc6)CCC5=O)c4)c4ccc(OC)cc43)[C@@H]2C)cc1. The van der Waals surface area contributed by atoms with Crippen molar-refractivity contribution in [1.82, 2.24) is 4.90 Å². The summed E-state index contributed by atoms with van der Waals surface area (Å²) < 4.78 is 18.7. The molecule has 63 heavy (non-hydrogen) atoms. The van der Waals surface area contributed by atoms with Crippen molar-refractivity contribution in [2.45, 2.75) is 82.1 Å². The molecule has 0 radical (unpaired) electrons. The quantitative estimate of drug-likeness (QED) is 0.138. The standard InChI is InChI=1S/C51H54N4O7Si/c1-33-49(63(4,5)42-21-18-40(60-2)19-22-42)46(29-48(58)53-31-37-16-10-9-15-36(37)27-39(53)32-56)62-51(33)43-28-41(61-3)20-24-45(43)54(50(51)59)30-34-12-11-17-38(26-34)55-47(57)25-23-44(52-55)35-13-7-6-8-14-35/h6-22,24,26,28,33,39,46,49,56H,23,25,27,29-32H2,1-5H3/t33-,39+,46+,49-,51+/m1/s1. The monoisotopic (exact) mass is 862 g/mol. The molecule has 0 unspecified atom stereocenters. The molecule has 0 saturated carbocycles. The summed E-state index contributed by atoms with van der Waals surface area (Å²) in [5, 5.41) is 18.0. The number of anilines is 2.